The van der Waals surface area contributed by atoms with Gasteiger partial charge in [0.15, 0.2) is 0 Å². The van der Waals surface area contributed by atoms with E-state index >= 15 is 0 Å². The van der Waals surface area contributed by atoms with Gasteiger partial charge in [0, 0.05) is 22.8 Å². The molecule has 0 fully saturated rings. The normalized spacial score (nSPS) is 12.9. The van der Waals surface area contributed by atoms with E-state index in [-0.39, 0.29) is 0 Å². The van der Waals surface area contributed by atoms with Crippen LogP contribution < -0.4 is 0 Å². The summed E-state index contributed by atoms with van der Waals surface area (Å²) in [7, 11) is -5.37. The number of hydrogen-bond acceptors (Lipinski definition) is 2. The molecule has 3 aromatic rings. The maximum Gasteiger partial charge on any atom is 0.501 e. The van der Waals surface area contributed by atoms with Crippen LogP contribution in [0, 0.1) is 0 Å². The van der Waals surface area contributed by atoms with Gasteiger partial charge >= 0.3 is 5.51 Å². The molecule has 28 heavy (non-hydrogen) atoms. The monoisotopic (exact) mass is 411 g/mol. The molecule has 1 heterocycles. The fourth-order valence-electron chi connectivity index (χ4n) is 3.62. The van der Waals surface area contributed by atoms with E-state index in [2.05, 4.69) is 6.92 Å². The van der Waals surface area contributed by atoms with Crippen molar-refractivity contribution in [2.75, 3.05) is 0 Å². The van der Waals surface area contributed by atoms with Gasteiger partial charge in [-0.05, 0) is 24.6 Å². The second-order valence-electron chi connectivity index (χ2n) is 7.06. The number of fused-ring (bicyclic) bond motifs is 3. The van der Waals surface area contributed by atoms with Crippen molar-refractivity contribution in [3.8, 4) is 0 Å². The first-order valence-electron chi connectivity index (χ1n) is 9.59. The minimum Gasteiger partial charge on any atom is -0.340 e. The third-order valence-corrected chi connectivity index (χ3v) is 6.58. The zero-order chi connectivity index (χ0) is 20.4. The van der Waals surface area contributed by atoms with Crippen LogP contribution >= 0.6 is 0 Å². The number of aryl methyl sites for hydroxylation is 1. The summed E-state index contributed by atoms with van der Waals surface area (Å²) in [6.45, 7) is 2.80. The second-order valence-corrected chi connectivity index (χ2v) is 9.01. The quantitative estimate of drug-likeness (QED) is 0.400. The average Bonchev–Trinajstić information content (AvgIpc) is 2.97. The summed E-state index contributed by atoms with van der Waals surface area (Å²) in [5.74, 6) is 0. The highest BCUT2D eigenvalue weighted by atomic mass is 32.2. The van der Waals surface area contributed by atoms with Gasteiger partial charge in [0.2, 0.25) is 0 Å². The van der Waals surface area contributed by atoms with E-state index in [0.717, 1.165) is 47.7 Å². The number of halogens is 3. The van der Waals surface area contributed by atoms with Gasteiger partial charge in [-0.3, -0.25) is 0 Å². The Labute approximate surface area is 163 Å². The summed E-state index contributed by atoms with van der Waals surface area (Å²) in [4.78, 5) is -0.709. The smallest absolute Gasteiger partial charge is 0.340 e. The van der Waals surface area contributed by atoms with Crippen LogP contribution in [-0.4, -0.2) is 18.5 Å². The molecular formula is C21H24F3NO2S. The van der Waals surface area contributed by atoms with Crippen molar-refractivity contribution < 1.29 is 21.6 Å². The molecule has 0 aliphatic carbocycles. The molecule has 0 aliphatic heterocycles. The Morgan fingerprint density at radius 3 is 2.21 bits per heavy atom. The molecule has 3 nitrogen and oxygen atoms in total. The van der Waals surface area contributed by atoms with E-state index in [1.165, 1.54) is 25.3 Å². The standard InChI is InChI=1S/C21H24F3NO2S/c1-2-3-4-5-6-9-14-25-19-11-8-7-10-17(19)18-13-12-16(15-20(18)25)28(26,27)21(22,23)24/h7-8,10-13,15H,2-6,9,14H2,1H3. The molecule has 0 N–H and O–H groups in total. The Morgan fingerprint density at radius 2 is 1.50 bits per heavy atom. The number of para-hydroxylation sites is 1. The first-order valence-corrected chi connectivity index (χ1v) is 11.1. The van der Waals surface area contributed by atoms with Crippen molar-refractivity contribution >= 4 is 31.6 Å². The lowest BCUT2D eigenvalue weighted by molar-refractivity contribution is -0.0435. The lowest BCUT2D eigenvalue weighted by atomic mass is 10.1. The summed E-state index contributed by atoms with van der Waals surface area (Å²) in [5, 5.41) is 1.68. The van der Waals surface area contributed by atoms with E-state index < -0.39 is 20.2 Å². The van der Waals surface area contributed by atoms with Crippen molar-refractivity contribution in [3.63, 3.8) is 0 Å². The maximum atomic E-state index is 13.0. The van der Waals surface area contributed by atoms with E-state index in [1.54, 1.807) is 0 Å². The van der Waals surface area contributed by atoms with Gasteiger partial charge in [-0.1, -0.05) is 63.3 Å². The average molecular weight is 411 g/mol. The van der Waals surface area contributed by atoms with Gasteiger partial charge in [0.1, 0.15) is 0 Å². The first kappa shape index (κ1) is 20.7. The van der Waals surface area contributed by atoms with Gasteiger partial charge in [0.25, 0.3) is 9.84 Å². The zero-order valence-electron chi connectivity index (χ0n) is 15.8. The summed E-state index contributed by atoms with van der Waals surface area (Å²) in [6.07, 6.45) is 6.61. The minimum absolute atomic E-state index is 0.528. The predicted molar refractivity (Wildman–Crippen MR) is 106 cm³/mol. The van der Waals surface area contributed by atoms with Crippen LogP contribution in [0.1, 0.15) is 45.4 Å². The van der Waals surface area contributed by atoms with E-state index in [4.69, 9.17) is 0 Å². The molecule has 0 unspecified atom stereocenters. The Bertz CT molecular complexity index is 1070. The number of rotatable bonds is 8. The number of sulfone groups is 1. The van der Waals surface area contributed by atoms with Crippen molar-refractivity contribution in [1.82, 2.24) is 4.57 Å². The molecule has 1 aromatic heterocycles. The first-order chi connectivity index (χ1) is 13.3. The Balaban J connectivity index is 2.01. The molecule has 152 valence electrons. The minimum atomic E-state index is -5.37. The summed E-state index contributed by atoms with van der Waals surface area (Å²) < 4.78 is 64.6. The molecule has 0 bridgehead atoms. The Morgan fingerprint density at radius 1 is 0.857 bits per heavy atom. The van der Waals surface area contributed by atoms with Crippen LogP contribution in [0.3, 0.4) is 0 Å². The van der Waals surface area contributed by atoms with Gasteiger partial charge in [-0.2, -0.15) is 13.2 Å². The Hall–Kier alpha value is -2.02. The molecule has 7 heteroatoms. The van der Waals surface area contributed by atoms with E-state index in [9.17, 15) is 21.6 Å². The third kappa shape index (κ3) is 3.90. The van der Waals surface area contributed by atoms with Crippen LogP contribution in [0.4, 0.5) is 13.2 Å². The number of aromatic nitrogens is 1. The lowest BCUT2D eigenvalue weighted by Gasteiger charge is -2.10. The molecule has 0 saturated carbocycles. The summed E-state index contributed by atoms with van der Waals surface area (Å²) in [6, 6.07) is 11.3. The molecule has 0 spiro atoms. The largest absolute Gasteiger partial charge is 0.501 e. The van der Waals surface area contributed by atoms with Crippen LogP contribution in [-0.2, 0) is 16.4 Å². The Kier molecular flexibility index (Phi) is 6.03. The number of alkyl halides is 3. The van der Waals surface area contributed by atoms with E-state index in [1.807, 2.05) is 28.8 Å². The van der Waals surface area contributed by atoms with Gasteiger partial charge in [-0.25, -0.2) is 8.42 Å². The molecule has 0 radical (unpaired) electrons. The van der Waals surface area contributed by atoms with Crippen molar-refractivity contribution in [3.05, 3.63) is 42.5 Å². The van der Waals surface area contributed by atoms with Crippen LogP contribution in [0.5, 0.6) is 0 Å². The van der Waals surface area contributed by atoms with Gasteiger partial charge in [0.05, 0.1) is 10.4 Å². The molecule has 0 atom stereocenters. The van der Waals surface area contributed by atoms with Crippen LogP contribution in [0.2, 0.25) is 0 Å². The summed E-state index contributed by atoms with van der Waals surface area (Å²) >= 11 is 0. The maximum absolute atomic E-state index is 13.0. The number of nitrogens with zero attached hydrogens (tertiary/aromatic N) is 1. The molecule has 3 rings (SSSR count). The molecule has 2 aromatic carbocycles. The van der Waals surface area contributed by atoms with Crippen molar-refractivity contribution in [2.45, 2.75) is 62.4 Å². The lowest BCUT2D eigenvalue weighted by Crippen LogP contribution is -2.23. The number of benzene rings is 2. The number of hydrogen-bond donors (Lipinski definition) is 0. The van der Waals surface area contributed by atoms with Crippen molar-refractivity contribution in [2.24, 2.45) is 0 Å². The SMILES string of the molecule is CCCCCCCCn1c2ccccc2c2ccc(S(=O)(=O)C(F)(F)F)cc21. The number of unbranched alkanes of at least 4 members (excludes halogenated alkanes) is 5. The highest BCUT2D eigenvalue weighted by Gasteiger charge is 2.47. The zero-order valence-corrected chi connectivity index (χ0v) is 16.6. The molecular weight excluding hydrogens is 387 g/mol. The molecule has 0 aliphatic rings. The predicted octanol–water partition coefficient (Wildman–Crippen LogP) is 6.45. The van der Waals surface area contributed by atoms with Crippen molar-refractivity contribution in [1.29, 1.82) is 0 Å². The second kappa shape index (κ2) is 8.15. The van der Waals surface area contributed by atoms with E-state index in [0.29, 0.717) is 12.1 Å². The molecule has 0 amide bonds. The van der Waals surface area contributed by atoms with Gasteiger partial charge < -0.3 is 4.57 Å². The van der Waals surface area contributed by atoms with Gasteiger partial charge in [-0.15, -0.1) is 0 Å². The summed E-state index contributed by atoms with van der Waals surface area (Å²) in [5.41, 5.74) is -3.87. The molecule has 0 saturated heterocycles. The third-order valence-electron chi connectivity index (χ3n) is 5.10. The fraction of sp³-hybridized carbons (Fsp3) is 0.429. The van der Waals surface area contributed by atoms with Crippen LogP contribution in [0.15, 0.2) is 47.4 Å². The highest BCUT2D eigenvalue weighted by molar-refractivity contribution is 7.92. The van der Waals surface area contributed by atoms with Crippen LogP contribution in [0.25, 0.3) is 21.8 Å². The topological polar surface area (TPSA) is 39.1 Å². The fourth-order valence-corrected chi connectivity index (χ4v) is 4.40. The highest BCUT2D eigenvalue weighted by Crippen LogP contribution is 2.35.